The number of aromatic nitrogens is 2. The van der Waals surface area contributed by atoms with Crippen LogP contribution in [0.15, 0.2) is 54.9 Å². The molecule has 0 saturated heterocycles. The molecule has 122 valence electrons. The Morgan fingerprint density at radius 1 is 1.29 bits per heavy atom. The Kier molecular flexibility index (Phi) is 4.33. The van der Waals surface area contributed by atoms with Crippen molar-refractivity contribution in [1.82, 2.24) is 14.5 Å². The number of pyridine rings is 1. The lowest BCUT2D eigenvalue weighted by Crippen LogP contribution is -2.24. The van der Waals surface area contributed by atoms with E-state index in [1.54, 1.807) is 36.4 Å². The van der Waals surface area contributed by atoms with Gasteiger partial charge in [-0.2, -0.15) is 0 Å². The molecular weight excluding hydrogens is 300 g/mol. The number of anilines is 1. The zero-order valence-electron chi connectivity index (χ0n) is 13.8. The Balaban J connectivity index is 1.72. The lowest BCUT2D eigenvalue weighted by atomic mass is 10.1. The minimum atomic E-state index is -0.0558. The van der Waals surface area contributed by atoms with Gasteiger partial charge in [-0.05, 0) is 35.4 Å². The van der Waals surface area contributed by atoms with Gasteiger partial charge in [0.25, 0.3) is 0 Å². The van der Waals surface area contributed by atoms with E-state index in [4.69, 9.17) is 5.73 Å². The van der Waals surface area contributed by atoms with Gasteiger partial charge in [0, 0.05) is 50.0 Å². The lowest BCUT2D eigenvalue weighted by molar-refractivity contribution is -0.125. The summed E-state index contributed by atoms with van der Waals surface area (Å²) in [5.74, 6) is 0.409. The third-order valence-electron chi connectivity index (χ3n) is 3.99. The van der Waals surface area contributed by atoms with E-state index in [0.717, 1.165) is 16.6 Å². The number of fused-ring (bicyclic) bond motifs is 1. The number of hydrogen-bond donors (Lipinski definition) is 1. The van der Waals surface area contributed by atoms with Gasteiger partial charge in [0.15, 0.2) is 0 Å². The molecule has 2 N–H and O–H groups in total. The first-order chi connectivity index (χ1) is 11.5. The summed E-state index contributed by atoms with van der Waals surface area (Å²) in [5, 5.41) is 1.17. The average Bonchev–Trinajstić information content (AvgIpc) is 2.90. The fourth-order valence-electron chi connectivity index (χ4n) is 2.70. The van der Waals surface area contributed by atoms with Gasteiger partial charge in [-0.3, -0.25) is 4.79 Å². The zero-order chi connectivity index (χ0) is 17.1. The molecule has 2 heterocycles. The number of carbonyl (C=O) groups is 1. The fraction of sp³-hybridized carbons (Fsp3) is 0.158. The van der Waals surface area contributed by atoms with Crippen LogP contribution in [0.1, 0.15) is 11.1 Å². The van der Waals surface area contributed by atoms with Gasteiger partial charge in [0.1, 0.15) is 5.82 Å². The van der Waals surface area contributed by atoms with Gasteiger partial charge in [0.05, 0.1) is 0 Å². The molecule has 1 aromatic carbocycles. The second kappa shape index (κ2) is 6.58. The summed E-state index contributed by atoms with van der Waals surface area (Å²) >= 11 is 0. The lowest BCUT2D eigenvalue weighted by Gasteiger charge is -2.14. The van der Waals surface area contributed by atoms with E-state index in [9.17, 15) is 4.79 Å². The summed E-state index contributed by atoms with van der Waals surface area (Å²) in [6.45, 7) is 0.560. The highest BCUT2D eigenvalue weighted by Crippen LogP contribution is 2.21. The van der Waals surface area contributed by atoms with E-state index in [1.807, 2.05) is 25.2 Å². The summed E-state index contributed by atoms with van der Waals surface area (Å²) in [5.41, 5.74) is 8.69. The molecule has 2 aromatic heterocycles. The van der Waals surface area contributed by atoms with Gasteiger partial charge in [-0.15, -0.1) is 0 Å². The molecule has 24 heavy (non-hydrogen) atoms. The van der Waals surface area contributed by atoms with E-state index < -0.39 is 0 Å². The van der Waals surface area contributed by atoms with Crippen molar-refractivity contribution >= 4 is 28.7 Å². The number of amides is 1. The molecule has 1 amide bonds. The Hall–Kier alpha value is -3.08. The minimum absolute atomic E-state index is 0.0558. The van der Waals surface area contributed by atoms with Crippen LogP contribution in [0.3, 0.4) is 0 Å². The Morgan fingerprint density at radius 3 is 2.83 bits per heavy atom. The van der Waals surface area contributed by atoms with Crippen molar-refractivity contribution in [2.45, 2.75) is 6.54 Å². The molecule has 0 spiro atoms. The van der Waals surface area contributed by atoms with Crippen LogP contribution in [0.4, 0.5) is 5.82 Å². The predicted molar refractivity (Wildman–Crippen MR) is 97.1 cm³/mol. The van der Waals surface area contributed by atoms with Gasteiger partial charge in [-0.1, -0.05) is 18.2 Å². The number of benzene rings is 1. The highest BCUT2D eigenvalue weighted by molar-refractivity contribution is 5.92. The number of carbonyl (C=O) groups excluding carboxylic acids is 1. The van der Waals surface area contributed by atoms with E-state index in [0.29, 0.717) is 12.4 Å². The van der Waals surface area contributed by atoms with E-state index in [-0.39, 0.29) is 5.91 Å². The number of rotatable bonds is 4. The van der Waals surface area contributed by atoms with E-state index >= 15 is 0 Å². The quantitative estimate of drug-likeness (QED) is 0.752. The molecule has 3 aromatic rings. The smallest absolute Gasteiger partial charge is 0.246 e. The first-order valence-corrected chi connectivity index (χ1v) is 7.72. The largest absolute Gasteiger partial charge is 0.384 e. The normalized spacial score (nSPS) is 11.2. The second-order valence-electron chi connectivity index (χ2n) is 5.83. The minimum Gasteiger partial charge on any atom is -0.384 e. The summed E-state index contributed by atoms with van der Waals surface area (Å²) in [6, 6.07) is 11.7. The summed E-state index contributed by atoms with van der Waals surface area (Å²) < 4.78 is 2.08. The second-order valence-corrected chi connectivity index (χ2v) is 5.83. The van der Waals surface area contributed by atoms with Crippen LogP contribution < -0.4 is 5.73 Å². The van der Waals surface area contributed by atoms with Gasteiger partial charge in [0.2, 0.25) is 5.91 Å². The number of nitrogens with two attached hydrogens (primary N) is 1. The molecule has 3 rings (SSSR count). The van der Waals surface area contributed by atoms with Crippen molar-refractivity contribution < 1.29 is 4.79 Å². The maximum absolute atomic E-state index is 12.3. The number of aryl methyl sites for hydroxylation is 1. The van der Waals surface area contributed by atoms with Crippen LogP contribution in [0, 0.1) is 0 Å². The third kappa shape index (κ3) is 3.30. The Labute approximate surface area is 141 Å². The standard InChI is InChI=1S/C19H20N4O/c1-22-12-15(16-5-3-4-6-17(16)22)13-23(2)19(24)10-8-14-7-9-18(20)21-11-14/h3-12H,13H2,1-2H3,(H2,20,21). The molecule has 5 heteroatoms. The molecule has 0 aliphatic heterocycles. The van der Waals surface area contributed by atoms with Crippen molar-refractivity contribution in [2.24, 2.45) is 7.05 Å². The summed E-state index contributed by atoms with van der Waals surface area (Å²) in [7, 11) is 3.82. The molecule has 5 nitrogen and oxygen atoms in total. The SMILES string of the molecule is CN(Cc1cn(C)c2ccccc12)C(=O)C=Cc1ccc(N)nc1. The topological polar surface area (TPSA) is 64.2 Å². The number of nitrogen functional groups attached to an aromatic ring is 1. The molecule has 0 bridgehead atoms. The predicted octanol–water partition coefficient (Wildman–Crippen LogP) is 2.83. The van der Waals surface area contributed by atoms with Crippen molar-refractivity contribution in [3.05, 3.63) is 66.0 Å². The molecule has 0 aliphatic carbocycles. The van der Waals surface area contributed by atoms with Gasteiger partial charge < -0.3 is 15.2 Å². The fourth-order valence-corrected chi connectivity index (χ4v) is 2.70. The Bertz CT molecular complexity index is 893. The maximum Gasteiger partial charge on any atom is 0.246 e. The van der Waals surface area contributed by atoms with Crippen LogP contribution in [0.25, 0.3) is 17.0 Å². The summed E-state index contributed by atoms with van der Waals surface area (Å²) in [4.78, 5) is 18.0. The average molecular weight is 320 g/mol. The molecule has 0 atom stereocenters. The maximum atomic E-state index is 12.3. The van der Waals surface area contributed by atoms with Gasteiger partial charge in [-0.25, -0.2) is 4.98 Å². The van der Waals surface area contributed by atoms with Crippen molar-refractivity contribution in [1.29, 1.82) is 0 Å². The molecule has 0 fully saturated rings. The number of para-hydroxylation sites is 1. The molecule has 0 radical (unpaired) electrons. The number of nitrogens with zero attached hydrogens (tertiary/aromatic N) is 3. The van der Waals surface area contributed by atoms with Crippen LogP contribution >= 0.6 is 0 Å². The van der Waals surface area contributed by atoms with Crippen molar-refractivity contribution in [2.75, 3.05) is 12.8 Å². The van der Waals surface area contributed by atoms with Crippen molar-refractivity contribution in [3.63, 3.8) is 0 Å². The Morgan fingerprint density at radius 2 is 2.08 bits per heavy atom. The highest BCUT2D eigenvalue weighted by atomic mass is 16.2. The monoisotopic (exact) mass is 320 g/mol. The van der Waals surface area contributed by atoms with Crippen LogP contribution in [-0.2, 0) is 18.4 Å². The van der Waals surface area contributed by atoms with Crippen molar-refractivity contribution in [3.8, 4) is 0 Å². The molecule has 0 unspecified atom stereocenters. The molecular formula is C19H20N4O. The molecule has 0 saturated carbocycles. The van der Waals surface area contributed by atoms with E-state index in [1.165, 1.54) is 5.39 Å². The molecule has 0 aliphatic rings. The first-order valence-electron chi connectivity index (χ1n) is 7.72. The summed E-state index contributed by atoms with van der Waals surface area (Å²) in [6.07, 6.45) is 7.01. The number of likely N-dealkylation sites (N-methyl/N-ethyl adjacent to an activating group) is 1. The number of hydrogen-bond acceptors (Lipinski definition) is 3. The third-order valence-corrected chi connectivity index (χ3v) is 3.99. The van der Waals surface area contributed by atoms with Gasteiger partial charge >= 0.3 is 0 Å². The first kappa shape index (κ1) is 15.8. The van der Waals surface area contributed by atoms with Crippen LogP contribution in [0.5, 0.6) is 0 Å². The zero-order valence-corrected chi connectivity index (χ0v) is 13.8. The highest BCUT2D eigenvalue weighted by Gasteiger charge is 2.11. The van der Waals surface area contributed by atoms with Crippen LogP contribution in [0.2, 0.25) is 0 Å². The van der Waals surface area contributed by atoms with E-state index in [2.05, 4.69) is 27.9 Å². The van der Waals surface area contributed by atoms with Crippen LogP contribution in [-0.4, -0.2) is 27.4 Å².